The maximum absolute atomic E-state index is 12.1. The summed E-state index contributed by atoms with van der Waals surface area (Å²) in [6.45, 7) is 0.707. The monoisotopic (exact) mass is 257 g/mol. The van der Waals surface area contributed by atoms with Crippen LogP contribution in [0.1, 0.15) is 15.9 Å². The molecule has 1 N–H and O–H groups in total. The average Bonchev–Trinajstić information content (AvgIpc) is 2.81. The molecule has 0 aliphatic rings. The van der Waals surface area contributed by atoms with Gasteiger partial charge >= 0.3 is 0 Å². The van der Waals surface area contributed by atoms with E-state index in [4.69, 9.17) is 0 Å². The molecule has 100 valence electrons. The van der Waals surface area contributed by atoms with Gasteiger partial charge in [-0.25, -0.2) is 0 Å². The van der Waals surface area contributed by atoms with Gasteiger partial charge < -0.3 is 14.8 Å². The quantitative estimate of drug-likeness (QED) is 0.913. The molecule has 2 aromatic rings. The van der Waals surface area contributed by atoms with Gasteiger partial charge in [0.2, 0.25) is 0 Å². The summed E-state index contributed by atoms with van der Waals surface area (Å²) in [5.74, 6) is 0.0103. The molecule has 0 fully saturated rings. The van der Waals surface area contributed by atoms with Crippen LogP contribution in [0.25, 0.3) is 0 Å². The van der Waals surface area contributed by atoms with Gasteiger partial charge in [-0.05, 0) is 23.8 Å². The van der Waals surface area contributed by atoms with Crippen LogP contribution >= 0.6 is 0 Å². The SMILES string of the molecule is CN(C)C(=O)c1ccccc1NCc1ccn(C)c1. The van der Waals surface area contributed by atoms with Crippen LogP contribution in [0.4, 0.5) is 5.69 Å². The zero-order chi connectivity index (χ0) is 13.8. The summed E-state index contributed by atoms with van der Waals surface area (Å²) < 4.78 is 2.01. The first-order chi connectivity index (χ1) is 9.08. The molecular formula is C15H19N3O. The summed E-state index contributed by atoms with van der Waals surface area (Å²) in [7, 11) is 5.51. The molecule has 0 saturated heterocycles. The van der Waals surface area contributed by atoms with E-state index in [1.165, 1.54) is 5.56 Å². The van der Waals surface area contributed by atoms with Gasteiger partial charge in [-0.3, -0.25) is 4.79 Å². The van der Waals surface area contributed by atoms with E-state index in [0.29, 0.717) is 12.1 Å². The van der Waals surface area contributed by atoms with E-state index < -0.39 is 0 Å². The number of nitrogens with one attached hydrogen (secondary N) is 1. The van der Waals surface area contributed by atoms with Crippen molar-refractivity contribution in [2.45, 2.75) is 6.54 Å². The predicted octanol–water partition coefficient (Wildman–Crippen LogP) is 2.34. The summed E-state index contributed by atoms with van der Waals surface area (Å²) in [6, 6.07) is 9.64. The molecule has 0 radical (unpaired) electrons. The highest BCUT2D eigenvalue weighted by Crippen LogP contribution is 2.17. The van der Waals surface area contributed by atoms with Crippen LogP contribution in [0.5, 0.6) is 0 Å². The van der Waals surface area contributed by atoms with Crippen molar-refractivity contribution in [3.63, 3.8) is 0 Å². The van der Waals surface area contributed by atoms with Crippen LogP contribution in [0.15, 0.2) is 42.7 Å². The third-order valence-corrected chi connectivity index (χ3v) is 2.94. The fourth-order valence-corrected chi connectivity index (χ4v) is 1.93. The zero-order valence-electron chi connectivity index (χ0n) is 11.6. The van der Waals surface area contributed by atoms with E-state index in [1.54, 1.807) is 19.0 Å². The molecule has 0 bridgehead atoms. The maximum atomic E-state index is 12.1. The summed E-state index contributed by atoms with van der Waals surface area (Å²) in [6.07, 6.45) is 4.07. The van der Waals surface area contributed by atoms with Crippen molar-refractivity contribution in [1.82, 2.24) is 9.47 Å². The number of nitrogens with zero attached hydrogens (tertiary/aromatic N) is 2. The molecule has 1 amide bonds. The summed E-state index contributed by atoms with van der Waals surface area (Å²) in [4.78, 5) is 13.6. The number of anilines is 1. The lowest BCUT2D eigenvalue weighted by Crippen LogP contribution is -2.22. The molecule has 19 heavy (non-hydrogen) atoms. The molecule has 0 aliphatic heterocycles. The first-order valence-electron chi connectivity index (χ1n) is 6.23. The number of amides is 1. The van der Waals surface area contributed by atoms with Gasteiger partial charge in [0.1, 0.15) is 0 Å². The molecular weight excluding hydrogens is 238 g/mol. The highest BCUT2D eigenvalue weighted by Gasteiger charge is 2.12. The van der Waals surface area contributed by atoms with Crippen molar-refractivity contribution in [3.8, 4) is 0 Å². The first-order valence-corrected chi connectivity index (χ1v) is 6.23. The Morgan fingerprint density at radius 1 is 1.26 bits per heavy atom. The summed E-state index contributed by atoms with van der Waals surface area (Å²) in [5, 5.41) is 3.32. The number of para-hydroxylation sites is 1. The highest BCUT2D eigenvalue weighted by atomic mass is 16.2. The Balaban J connectivity index is 2.14. The predicted molar refractivity (Wildman–Crippen MR) is 77.2 cm³/mol. The zero-order valence-corrected chi connectivity index (χ0v) is 11.6. The van der Waals surface area contributed by atoms with E-state index in [9.17, 15) is 4.79 Å². The molecule has 0 aliphatic carbocycles. The molecule has 4 nitrogen and oxygen atoms in total. The lowest BCUT2D eigenvalue weighted by molar-refractivity contribution is 0.0828. The number of aromatic nitrogens is 1. The normalized spacial score (nSPS) is 10.3. The third-order valence-electron chi connectivity index (χ3n) is 2.94. The van der Waals surface area contributed by atoms with Crippen LogP contribution in [0.2, 0.25) is 0 Å². The number of aryl methyl sites for hydroxylation is 1. The maximum Gasteiger partial charge on any atom is 0.255 e. The van der Waals surface area contributed by atoms with E-state index in [1.807, 2.05) is 42.1 Å². The number of hydrogen-bond donors (Lipinski definition) is 1. The minimum Gasteiger partial charge on any atom is -0.380 e. The minimum absolute atomic E-state index is 0.0103. The molecule has 0 spiro atoms. The molecule has 0 saturated carbocycles. The number of carbonyl (C=O) groups is 1. The third kappa shape index (κ3) is 3.16. The van der Waals surface area contributed by atoms with Gasteiger partial charge in [-0.15, -0.1) is 0 Å². The number of carbonyl (C=O) groups excluding carboxylic acids is 1. The fraction of sp³-hybridized carbons (Fsp3) is 0.267. The van der Waals surface area contributed by atoms with Crippen molar-refractivity contribution in [2.75, 3.05) is 19.4 Å². The molecule has 1 aromatic carbocycles. The second-order valence-corrected chi connectivity index (χ2v) is 4.78. The largest absolute Gasteiger partial charge is 0.380 e. The summed E-state index contributed by atoms with van der Waals surface area (Å²) in [5.41, 5.74) is 2.75. The van der Waals surface area contributed by atoms with Crippen molar-refractivity contribution >= 4 is 11.6 Å². The molecule has 0 atom stereocenters. The fourth-order valence-electron chi connectivity index (χ4n) is 1.93. The van der Waals surface area contributed by atoms with E-state index in [2.05, 4.69) is 17.6 Å². The van der Waals surface area contributed by atoms with E-state index in [0.717, 1.165) is 5.69 Å². The second kappa shape index (κ2) is 5.61. The Kier molecular flexibility index (Phi) is 3.90. The van der Waals surface area contributed by atoms with E-state index in [-0.39, 0.29) is 5.91 Å². The Morgan fingerprint density at radius 3 is 2.63 bits per heavy atom. The van der Waals surface area contributed by atoms with Gasteiger partial charge in [-0.1, -0.05) is 12.1 Å². The van der Waals surface area contributed by atoms with Crippen LogP contribution in [0.3, 0.4) is 0 Å². The molecule has 4 heteroatoms. The minimum atomic E-state index is 0.0103. The molecule has 0 unspecified atom stereocenters. The van der Waals surface area contributed by atoms with Crippen LogP contribution in [0, 0.1) is 0 Å². The van der Waals surface area contributed by atoms with Crippen molar-refractivity contribution < 1.29 is 4.79 Å². The van der Waals surface area contributed by atoms with Crippen molar-refractivity contribution in [1.29, 1.82) is 0 Å². The smallest absolute Gasteiger partial charge is 0.255 e. The van der Waals surface area contributed by atoms with Crippen molar-refractivity contribution in [3.05, 3.63) is 53.9 Å². The van der Waals surface area contributed by atoms with E-state index >= 15 is 0 Å². The number of rotatable bonds is 4. The van der Waals surface area contributed by atoms with Gasteiger partial charge in [-0.2, -0.15) is 0 Å². The molecule has 2 rings (SSSR count). The topological polar surface area (TPSA) is 37.3 Å². The van der Waals surface area contributed by atoms with Gasteiger partial charge in [0.05, 0.1) is 5.56 Å². The Labute approximate surface area is 113 Å². The second-order valence-electron chi connectivity index (χ2n) is 4.78. The van der Waals surface area contributed by atoms with Gasteiger partial charge in [0, 0.05) is 45.8 Å². The molecule has 1 aromatic heterocycles. The number of benzene rings is 1. The van der Waals surface area contributed by atoms with Gasteiger partial charge in [0.15, 0.2) is 0 Å². The summed E-state index contributed by atoms with van der Waals surface area (Å²) >= 11 is 0. The number of hydrogen-bond acceptors (Lipinski definition) is 2. The van der Waals surface area contributed by atoms with Gasteiger partial charge in [0.25, 0.3) is 5.91 Å². The van der Waals surface area contributed by atoms with Crippen LogP contribution < -0.4 is 5.32 Å². The Morgan fingerprint density at radius 2 is 2.00 bits per heavy atom. The van der Waals surface area contributed by atoms with Crippen LogP contribution in [-0.2, 0) is 13.6 Å². The Bertz CT molecular complexity index is 572. The van der Waals surface area contributed by atoms with Crippen LogP contribution in [-0.4, -0.2) is 29.5 Å². The average molecular weight is 257 g/mol. The highest BCUT2D eigenvalue weighted by molar-refractivity contribution is 5.99. The lowest BCUT2D eigenvalue weighted by atomic mass is 10.1. The Hall–Kier alpha value is -2.23. The van der Waals surface area contributed by atoms with Crippen molar-refractivity contribution in [2.24, 2.45) is 7.05 Å². The molecule has 1 heterocycles. The standard InChI is InChI=1S/C15H19N3O/c1-17(2)15(19)13-6-4-5-7-14(13)16-10-12-8-9-18(3)11-12/h4-9,11,16H,10H2,1-3H3. The lowest BCUT2D eigenvalue weighted by Gasteiger charge is -2.15. The first kappa shape index (κ1) is 13.2.